The number of thiophene rings is 1. The summed E-state index contributed by atoms with van der Waals surface area (Å²) >= 11 is 1.45. The molecule has 7 heteroatoms. The van der Waals surface area contributed by atoms with Crippen molar-refractivity contribution in [1.82, 2.24) is 9.97 Å². The average Bonchev–Trinajstić information content (AvgIpc) is 3.03. The zero-order chi connectivity index (χ0) is 18.9. The number of nitrogens with zero attached hydrogens (tertiary/aromatic N) is 3. The second kappa shape index (κ2) is 6.93. The molecule has 2 heterocycles. The molecule has 0 aliphatic carbocycles. The number of fused-ring (bicyclic) bond motifs is 1. The third kappa shape index (κ3) is 3.63. The van der Waals surface area contributed by atoms with E-state index in [1.807, 2.05) is 25.3 Å². The van der Waals surface area contributed by atoms with Crippen LogP contribution >= 0.6 is 11.3 Å². The molecule has 5 nitrogen and oxygen atoms in total. The van der Waals surface area contributed by atoms with Gasteiger partial charge in [-0.25, -0.2) is 19.4 Å². The van der Waals surface area contributed by atoms with E-state index in [1.165, 1.54) is 35.6 Å². The van der Waals surface area contributed by atoms with E-state index in [-0.39, 0.29) is 11.6 Å². The summed E-state index contributed by atoms with van der Waals surface area (Å²) in [6.07, 6.45) is 1.75. The number of hydrogen-bond donors (Lipinski definition) is 2. The van der Waals surface area contributed by atoms with Crippen molar-refractivity contribution in [1.29, 1.82) is 0 Å². The third-order valence-electron chi connectivity index (χ3n) is 3.80. The van der Waals surface area contributed by atoms with E-state index in [2.05, 4.69) is 15.0 Å². The van der Waals surface area contributed by atoms with Gasteiger partial charge in [-0.05, 0) is 56.0 Å². The highest BCUT2D eigenvalue weighted by Gasteiger charge is 2.30. The molecule has 0 bridgehead atoms. The molecule has 1 unspecified atom stereocenters. The number of allylic oxidation sites excluding steroid dienone is 1. The van der Waals surface area contributed by atoms with E-state index in [4.69, 9.17) is 5.73 Å². The van der Waals surface area contributed by atoms with Crippen LogP contribution in [0.25, 0.3) is 10.2 Å². The third-order valence-corrected chi connectivity index (χ3v) is 4.70. The predicted molar refractivity (Wildman–Crippen MR) is 103 cm³/mol. The van der Waals surface area contributed by atoms with Gasteiger partial charge < -0.3 is 10.8 Å². The molecule has 2 aromatic heterocycles. The summed E-state index contributed by atoms with van der Waals surface area (Å²) in [4.78, 5) is 13.3. The second-order valence-electron chi connectivity index (χ2n) is 6.34. The fraction of sp³-hybridized carbons (Fsp3) is 0.211. The number of aromatic nitrogens is 2. The van der Waals surface area contributed by atoms with Crippen LogP contribution in [-0.2, 0) is 5.60 Å². The van der Waals surface area contributed by atoms with Crippen molar-refractivity contribution in [3.05, 3.63) is 64.6 Å². The average molecular weight is 370 g/mol. The van der Waals surface area contributed by atoms with Gasteiger partial charge in [-0.1, -0.05) is 17.7 Å². The standard InChI is InChI=1S/C19H19FN4OS/c1-11(2)10-15(21)23-17-16-14(8-9-26-16)22-18(24-17)19(3,25)12-4-6-13(20)7-5-12/h4-10,25H,1-3H3,(H2,21,22,23,24). The largest absolute Gasteiger partial charge is 0.384 e. The molecule has 0 fully saturated rings. The molecule has 0 amide bonds. The Bertz CT molecular complexity index is 1000. The highest BCUT2D eigenvalue weighted by molar-refractivity contribution is 7.17. The Labute approximate surface area is 154 Å². The van der Waals surface area contributed by atoms with Crippen molar-refractivity contribution >= 4 is 33.2 Å². The van der Waals surface area contributed by atoms with E-state index in [0.29, 0.717) is 22.7 Å². The number of benzene rings is 1. The van der Waals surface area contributed by atoms with Crippen molar-refractivity contribution in [2.24, 2.45) is 10.7 Å². The number of aliphatic hydroxyl groups is 1. The lowest BCUT2D eigenvalue weighted by Gasteiger charge is -2.22. The minimum Gasteiger partial charge on any atom is -0.384 e. The molecule has 1 atom stereocenters. The minimum absolute atomic E-state index is 0.179. The molecule has 0 radical (unpaired) electrons. The summed E-state index contributed by atoms with van der Waals surface area (Å²) in [5, 5.41) is 12.9. The minimum atomic E-state index is -1.50. The molecule has 3 rings (SSSR count). The zero-order valence-corrected chi connectivity index (χ0v) is 15.5. The summed E-state index contributed by atoms with van der Waals surface area (Å²) in [5.41, 5.74) is 6.64. The van der Waals surface area contributed by atoms with Gasteiger partial charge in [0.15, 0.2) is 11.6 Å². The number of aliphatic imine (C=N–C) groups is 1. The Morgan fingerprint density at radius 2 is 1.92 bits per heavy atom. The van der Waals surface area contributed by atoms with Crippen molar-refractivity contribution in [3.63, 3.8) is 0 Å². The number of amidine groups is 1. The normalized spacial score (nSPS) is 14.3. The number of rotatable bonds is 4. The maximum absolute atomic E-state index is 13.2. The summed E-state index contributed by atoms with van der Waals surface area (Å²) in [5.74, 6) is 0.528. The van der Waals surface area contributed by atoms with Crippen LogP contribution < -0.4 is 5.73 Å². The van der Waals surface area contributed by atoms with Gasteiger partial charge in [0.05, 0.1) is 10.2 Å². The lowest BCUT2D eigenvalue weighted by atomic mass is 9.95. The van der Waals surface area contributed by atoms with E-state index in [9.17, 15) is 9.50 Å². The first-order chi connectivity index (χ1) is 12.3. The first kappa shape index (κ1) is 18.2. The molecule has 1 aromatic carbocycles. The van der Waals surface area contributed by atoms with Gasteiger partial charge in [0.2, 0.25) is 0 Å². The molecule has 26 heavy (non-hydrogen) atoms. The number of hydrogen-bond acceptors (Lipinski definition) is 5. The Kier molecular flexibility index (Phi) is 4.84. The number of halogens is 1. The Balaban J connectivity index is 2.15. The number of nitrogens with two attached hydrogens (primary N) is 1. The lowest BCUT2D eigenvalue weighted by Crippen LogP contribution is -2.26. The van der Waals surface area contributed by atoms with Gasteiger partial charge in [0.1, 0.15) is 17.3 Å². The predicted octanol–water partition coefficient (Wildman–Crippen LogP) is 4.04. The van der Waals surface area contributed by atoms with Crippen LogP contribution in [0, 0.1) is 5.82 Å². The monoisotopic (exact) mass is 370 g/mol. The molecule has 0 saturated carbocycles. The summed E-state index contributed by atoms with van der Waals surface area (Å²) in [6, 6.07) is 7.44. The van der Waals surface area contributed by atoms with Crippen molar-refractivity contribution in [3.8, 4) is 0 Å². The zero-order valence-electron chi connectivity index (χ0n) is 14.7. The van der Waals surface area contributed by atoms with E-state index >= 15 is 0 Å². The second-order valence-corrected chi connectivity index (χ2v) is 7.26. The van der Waals surface area contributed by atoms with Crippen LogP contribution in [0.4, 0.5) is 10.2 Å². The Morgan fingerprint density at radius 3 is 2.58 bits per heavy atom. The van der Waals surface area contributed by atoms with Gasteiger partial charge in [-0.2, -0.15) is 0 Å². The van der Waals surface area contributed by atoms with Crippen LogP contribution in [-0.4, -0.2) is 20.9 Å². The fourth-order valence-corrected chi connectivity index (χ4v) is 3.26. The highest BCUT2D eigenvalue weighted by atomic mass is 32.1. The Hall–Kier alpha value is -2.64. The van der Waals surface area contributed by atoms with Gasteiger partial charge in [0.25, 0.3) is 0 Å². The van der Waals surface area contributed by atoms with Crippen LogP contribution in [0.1, 0.15) is 32.2 Å². The fourth-order valence-electron chi connectivity index (χ4n) is 2.50. The summed E-state index contributed by atoms with van der Waals surface area (Å²) < 4.78 is 14.0. The molecule has 3 aromatic rings. The van der Waals surface area contributed by atoms with E-state index in [0.717, 1.165) is 10.3 Å². The van der Waals surface area contributed by atoms with Gasteiger partial charge in [-0.15, -0.1) is 11.3 Å². The van der Waals surface area contributed by atoms with E-state index in [1.54, 1.807) is 13.0 Å². The first-order valence-electron chi connectivity index (χ1n) is 8.00. The molecular weight excluding hydrogens is 351 g/mol. The smallest absolute Gasteiger partial charge is 0.175 e. The summed E-state index contributed by atoms with van der Waals surface area (Å²) in [7, 11) is 0. The topological polar surface area (TPSA) is 84.4 Å². The quantitative estimate of drug-likeness (QED) is 0.536. The SMILES string of the molecule is CC(C)=CC(N)=Nc1nc(C(C)(O)c2ccc(F)cc2)nc2ccsc12. The first-order valence-corrected chi connectivity index (χ1v) is 8.88. The van der Waals surface area contributed by atoms with E-state index < -0.39 is 5.60 Å². The molecule has 0 aliphatic rings. The van der Waals surface area contributed by atoms with Gasteiger partial charge in [0, 0.05) is 0 Å². The maximum Gasteiger partial charge on any atom is 0.175 e. The van der Waals surface area contributed by atoms with Crippen molar-refractivity contribution in [2.45, 2.75) is 26.4 Å². The van der Waals surface area contributed by atoms with Crippen molar-refractivity contribution < 1.29 is 9.50 Å². The van der Waals surface area contributed by atoms with Crippen LogP contribution in [0.15, 0.2) is 52.4 Å². The molecular formula is C19H19FN4OS. The lowest BCUT2D eigenvalue weighted by molar-refractivity contribution is 0.0926. The van der Waals surface area contributed by atoms with Crippen LogP contribution in [0.5, 0.6) is 0 Å². The van der Waals surface area contributed by atoms with Gasteiger partial charge in [-0.3, -0.25) is 0 Å². The molecule has 134 valence electrons. The molecule has 0 aliphatic heterocycles. The van der Waals surface area contributed by atoms with Crippen LogP contribution in [0.2, 0.25) is 0 Å². The molecule has 0 spiro atoms. The summed E-state index contributed by atoms with van der Waals surface area (Å²) in [6.45, 7) is 5.42. The van der Waals surface area contributed by atoms with Gasteiger partial charge >= 0.3 is 0 Å². The Morgan fingerprint density at radius 1 is 1.23 bits per heavy atom. The van der Waals surface area contributed by atoms with Crippen molar-refractivity contribution in [2.75, 3.05) is 0 Å². The highest BCUT2D eigenvalue weighted by Crippen LogP contribution is 2.33. The molecule has 0 saturated heterocycles. The maximum atomic E-state index is 13.2. The van der Waals surface area contributed by atoms with Crippen LogP contribution in [0.3, 0.4) is 0 Å². The molecule has 3 N–H and O–H groups in total.